The lowest BCUT2D eigenvalue weighted by Gasteiger charge is -1.84. The van der Waals surface area contributed by atoms with Crippen LogP contribution in [0.4, 0.5) is 0 Å². The van der Waals surface area contributed by atoms with Gasteiger partial charge in [-0.3, -0.25) is 0 Å². The van der Waals surface area contributed by atoms with Crippen molar-refractivity contribution in [2.45, 2.75) is 0 Å². The van der Waals surface area contributed by atoms with E-state index in [0.717, 1.165) is 5.41 Å². The highest BCUT2D eigenvalue weighted by Gasteiger charge is 2.06. The molecule has 1 aliphatic rings. The lowest BCUT2D eigenvalue weighted by Crippen LogP contribution is -2.14. The monoisotopic (exact) mass is 188 g/mol. The average molecular weight is 188 g/mol. The van der Waals surface area contributed by atoms with Gasteiger partial charge in [0, 0.05) is 12.0 Å². The van der Waals surface area contributed by atoms with Crippen LogP contribution in [-0.2, 0) is 10.0 Å². The molecule has 7 heteroatoms. The first-order chi connectivity index (χ1) is 5.71. The van der Waals surface area contributed by atoms with E-state index in [2.05, 4.69) is 20.1 Å². The first kappa shape index (κ1) is 8.88. The molecular formula is C5H8N4O2S. The van der Waals surface area contributed by atoms with Crippen LogP contribution >= 0.6 is 0 Å². The normalized spacial score (nSPS) is 18.3. The van der Waals surface area contributed by atoms with Gasteiger partial charge in [0.1, 0.15) is 0 Å². The molecule has 0 fully saturated rings. The van der Waals surface area contributed by atoms with Crippen molar-refractivity contribution in [1.82, 2.24) is 20.1 Å². The average Bonchev–Trinajstić information content (AvgIpc) is 2.60. The molecule has 1 aliphatic heterocycles. The van der Waals surface area contributed by atoms with Crippen molar-refractivity contribution in [2.24, 2.45) is 0 Å². The molecule has 0 saturated carbocycles. The van der Waals surface area contributed by atoms with Crippen LogP contribution in [-0.4, -0.2) is 30.4 Å². The standard InChI is InChI=1S/C3H5NO2S.C2H3N3/c5-7(6)3-1-2-4-7;1-2-4-5-3-1/h1,3-4H,2H2;1-2H,(H,3,4,5). The Morgan fingerprint density at radius 1 is 1.25 bits per heavy atom. The quantitative estimate of drug-likeness (QED) is 0.560. The molecule has 12 heavy (non-hydrogen) atoms. The molecule has 2 N–H and O–H groups in total. The second kappa shape index (κ2) is 3.98. The van der Waals surface area contributed by atoms with Gasteiger partial charge in [-0.15, -0.1) is 0 Å². The molecule has 0 spiro atoms. The maximum Gasteiger partial charge on any atom is 0.233 e. The Kier molecular flexibility index (Phi) is 2.94. The predicted molar refractivity (Wildman–Crippen MR) is 42.4 cm³/mol. The molecule has 6 nitrogen and oxygen atoms in total. The van der Waals surface area contributed by atoms with E-state index in [-0.39, 0.29) is 0 Å². The predicted octanol–water partition coefficient (Wildman–Crippen LogP) is -0.762. The van der Waals surface area contributed by atoms with Crippen molar-refractivity contribution in [3.63, 3.8) is 0 Å². The maximum absolute atomic E-state index is 10.2. The maximum atomic E-state index is 10.2. The van der Waals surface area contributed by atoms with E-state index in [1.165, 1.54) is 0 Å². The number of sulfonamides is 1. The van der Waals surface area contributed by atoms with Gasteiger partial charge in [0.05, 0.1) is 12.4 Å². The Morgan fingerprint density at radius 3 is 2.08 bits per heavy atom. The fourth-order valence-corrected chi connectivity index (χ4v) is 1.33. The second-order valence-electron chi connectivity index (χ2n) is 1.92. The molecule has 1 aromatic heterocycles. The molecule has 0 radical (unpaired) electrons. The molecule has 66 valence electrons. The van der Waals surface area contributed by atoms with Crippen LogP contribution in [0.5, 0.6) is 0 Å². The molecule has 2 rings (SSSR count). The highest BCUT2D eigenvalue weighted by molar-refractivity contribution is 7.92. The molecule has 0 aliphatic carbocycles. The summed E-state index contributed by atoms with van der Waals surface area (Å²) >= 11 is 0. The highest BCUT2D eigenvalue weighted by Crippen LogP contribution is 1.91. The van der Waals surface area contributed by atoms with Crippen molar-refractivity contribution in [1.29, 1.82) is 0 Å². The van der Waals surface area contributed by atoms with Crippen molar-refractivity contribution in [2.75, 3.05) is 6.54 Å². The summed E-state index contributed by atoms with van der Waals surface area (Å²) < 4.78 is 22.7. The molecular weight excluding hydrogens is 180 g/mol. The van der Waals surface area contributed by atoms with Crippen LogP contribution in [0.1, 0.15) is 0 Å². The Balaban J connectivity index is 0.000000127. The number of nitrogens with one attached hydrogen (secondary N) is 2. The number of hydrogen-bond donors (Lipinski definition) is 2. The van der Waals surface area contributed by atoms with Crippen molar-refractivity contribution in [3.05, 3.63) is 23.9 Å². The minimum Gasteiger partial charge on any atom is -0.208 e. The molecule has 0 unspecified atom stereocenters. The van der Waals surface area contributed by atoms with Gasteiger partial charge in [-0.25, -0.2) is 13.1 Å². The van der Waals surface area contributed by atoms with Gasteiger partial charge in [-0.2, -0.15) is 15.4 Å². The van der Waals surface area contributed by atoms with E-state index in [0.29, 0.717) is 6.54 Å². The fourth-order valence-electron chi connectivity index (χ4n) is 0.554. The van der Waals surface area contributed by atoms with E-state index in [1.807, 2.05) is 0 Å². The van der Waals surface area contributed by atoms with Gasteiger partial charge in [0.2, 0.25) is 10.0 Å². The summed E-state index contributed by atoms with van der Waals surface area (Å²) in [6, 6.07) is 0. The summed E-state index contributed by atoms with van der Waals surface area (Å²) in [5.41, 5.74) is 0. The number of nitrogens with zero attached hydrogens (tertiary/aromatic N) is 2. The smallest absolute Gasteiger partial charge is 0.208 e. The highest BCUT2D eigenvalue weighted by atomic mass is 32.2. The summed E-state index contributed by atoms with van der Waals surface area (Å²) in [7, 11) is -2.98. The minimum atomic E-state index is -2.98. The summed E-state index contributed by atoms with van der Waals surface area (Å²) in [6.45, 7) is 0.447. The molecule has 0 amide bonds. The molecule has 0 saturated heterocycles. The van der Waals surface area contributed by atoms with Crippen LogP contribution in [0.25, 0.3) is 0 Å². The fraction of sp³-hybridized carbons (Fsp3) is 0.200. The summed E-state index contributed by atoms with van der Waals surface area (Å²) in [5.74, 6) is 0. The van der Waals surface area contributed by atoms with Gasteiger partial charge in [-0.05, 0) is 0 Å². The summed E-state index contributed by atoms with van der Waals surface area (Å²) in [6.07, 6.45) is 4.73. The Morgan fingerprint density at radius 2 is 1.92 bits per heavy atom. The third-order valence-electron chi connectivity index (χ3n) is 1.01. The number of hydrogen-bond acceptors (Lipinski definition) is 4. The summed E-state index contributed by atoms with van der Waals surface area (Å²) in [4.78, 5) is 0. The van der Waals surface area contributed by atoms with Gasteiger partial charge >= 0.3 is 0 Å². The number of aromatic amines is 1. The van der Waals surface area contributed by atoms with E-state index in [4.69, 9.17) is 0 Å². The van der Waals surface area contributed by atoms with Gasteiger partial charge < -0.3 is 0 Å². The van der Waals surface area contributed by atoms with Crippen molar-refractivity contribution < 1.29 is 8.42 Å². The lowest BCUT2D eigenvalue weighted by atomic mass is 10.7. The zero-order chi connectivity index (χ0) is 8.86. The second-order valence-corrected chi connectivity index (χ2v) is 3.57. The van der Waals surface area contributed by atoms with Gasteiger partial charge in [0.25, 0.3) is 0 Å². The van der Waals surface area contributed by atoms with Crippen LogP contribution in [0.15, 0.2) is 23.9 Å². The van der Waals surface area contributed by atoms with E-state index >= 15 is 0 Å². The topological polar surface area (TPSA) is 87.7 Å². The van der Waals surface area contributed by atoms with Crippen LogP contribution in [0.3, 0.4) is 0 Å². The van der Waals surface area contributed by atoms with Gasteiger partial charge in [-0.1, -0.05) is 6.08 Å². The summed E-state index contributed by atoms with van der Waals surface area (Å²) in [5, 5.41) is 10.5. The number of aromatic nitrogens is 3. The zero-order valence-electron chi connectivity index (χ0n) is 6.14. The number of H-pyrrole nitrogens is 1. The molecule has 0 bridgehead atoms. The SMILES string of the molecule is O=S1(=O)C=CCN1.c1cn[nH]n1. The zero-order valence-corrected chi connectivity index (χ0v) is 6.95. The molecule has 0 aromatic carbocycles. The van der Waals surface area contributed by atoms with E-state index in [1.54, 1.807) is 18.5 Å². The van der Waals surface area contributed by atoms with Crippen LogP contribution in [0, 0.1) is 0 Å². The van der Waals surface area contributed by atoms with Crippen molar-refractivity contribution >= 4 is 10.0 Å². The first-order valence-corrected chi connectivity index (χ1v) is 4.71. The lowest BCUT2D eigenvalue weighted by molar-refractivity contribution is 0.597. The van der Waals surface area contributed by atoms with E-state index < -0.39 is 10.0 Å². The molecule has 0 atom stereocenters. The molecule has 1 aromatic rings. The third-order valence-corrected chi connectivity index (χ3v) is 2.13. The third kappa shape index (κ3) is 3.26. The Hall–Kier alpha value is -1.21. The first-order valence-electron chi connectivity index (χ1n) is 3.17. The minimum absolute atomic E-state index is 0.447. The Bertz CT molecular complexity index is 311. The molecule has 2 heterocycles. The Labute approximate surface area is 69.7 Å². The number of rotatable bonds is 0. The largest absolute Gasteiger partial charge is 0.233 e. The van der Waals surface area contributed by atoms with E-state index in [9.17, 15) is 8.42 Å². The van der Waals surface area contributed by atoms with Crippen LogP contribution < -0.4 is 4.72 Å². The van der Waals surface area contributed by atoms with Crippen LogP contribution in [0.2, 0.25) is 0 Å². The van der Waals surface area contributed by atoms with Gasteiger partial charge in [0.15, 0.2) is 0 Å². The van der Waals surface area contributed by atoms with Crippen molar-refractivity contribution in [3.8, 4) is 0 Å².